The van der Waals surface area contributed by atoms with Crippen molar-refractivity contribution in [3.8, 4) is 5.75 Å². The number of para-hydroxylation sites is 3. The van der Waals surface area contributed by atoms with Gasteiger partial charge in [0.1, 0.15) is 5.75 Å². The maximum atomic E-state index is 12.7. The highest BCUT2D eigenvalue weighted by Gasteiger charge is 2.25. The summed E-state index contributed by atoms with van der Waals surface area (Å²) in [7, 11) is 0. The second kappa shape index (κ2) is 9.99. The average molecular weight is 444 g/mol. The van der Waals surface area contributed by atoms with Gasteiger partial charge in [0.15, 0.2) is 6.61 Å². The number of ether oxygens (including phenoxy) is 1. The molecule has 0 saturated heterocycles. The molecule has 0 spiro atoms. The smallest absolute Gasteiger partial charge is 0.265 e. The standard InChI is InChI=1S/C26H25N3O4/c1-18-10-12-19(13-11-18)16-27-26(32)20-6-2-3-7-21(20)28-24(30)14-15-29-22-8-4-5-9-23(22)33-17-25(29)31/h2-13H,14-17H2,1H3,(H,27,32)(H,28,30). The van der Waals surface area contributed by atoms with Crippen molar-refractivity contribution in [1.82, 2.24) is 5.32 Å². The Hall–Kier alpha value is -4.13. The van der Waals surface area contributed by atoms with E-state index in [1.165, 1.54) is 0 Å². The first-order valence-electron chi connectivity index (χ1n) is 10.8. The zero-order chi connectivity index (χ0) is 23.2. The lowest BCUT2D eigenvalue weighted by molar-refractivity contribution is -0.121. The summed E-state index contributed by atoms with van der Waals surface area (Å²) in [5, 5.41) is 5.70. The first kappa shape index (κ1) is 22.1. The molecule has 0 unspecified atom stereocenters. The number of hydrogen-bond donors (Lipinski definition) is 2. The quantitative estimate of drug-likeness (QED) is 0.583. The van der Waals surface area contributed by atoms with Crippen LogP contribution in [0.2, 0.25) is 0 Å². The highest BCUT2D eigenvalue weighted by Crippen LogP contribution is 2.31. The third-order valence-corrected chi connectivity index (χ3v) is 5.39. The summed E-state index contributed by atoms with van der Waals surface area (Å²) < 4.78 is 5.43. The number of nitrogens with one attached hydrogen (secondary N) is 2. The van der Waals surface area contributed by atoms with E-state index in [1.807, 2.05) is 43.3 Å². The number of rotatable bonds is 7. The number of hydrogen-bond acceptors (Lipinski definition) is 4. The van der Waals surface area contributed by atoms with Gasteiger partial charge >= 0.3 is 0 Å². The van der Waals surface area contributed by atoms with Gasteiger partial charge in [0.25, 0.3) is 11.8 Å². The third kappa shape index (κ3) is 5.38. The molecule has 168 valence electrons. The molecule has 0 bridgehead atoms. The number of fused-ring (bicyclic) bond motifs is 1. The summed E-state index contributed by atoms with van der Waals surface area (Å²) in [6.45, 7) is 2.56. The first-order valence-corrected chi connectivity index (χ1v) is 10.8. The maximum absolute atomic E-state index is 12.7. The molecule has 33 heavy (non-hydrogen) atoms. The first-order chi connectivity index (χ1) is 16.0. The zero-order valence-corrected chi connectivity index (χ0v) is 18.3. The second-order valence-electron chi connectivity index (χ2n) is 7.81. The molecule has 1 heterocycles. The molecule has 0 radical (unpaired) electrons. The molecule has 3 aromatic carbocycles. The Morgan fingerprint density at radius 3 is 2.52 bits per heavy atom. The summed E-state index contributed by atoms with van der Waals surface area (Å²) >= 11 is 0. The van der Waals surface area contributed by atoms with E-state index < -0.39 is 0 Å². The summed E-state index contributed by atoms with van der Waals surface area (Å²) in [6, 6.07) is 22.0. The lowest BCUT2D eigenvalue weighted by Gasteiger charge is -2.29. The van der Waals surface area contributed by atoms with Crippen molar-refractivity contribution in [2.45, 2.75) is 19.9 Å². The van der Waals surface area contributed by atoms with Crippen molar-refractivity contribution in [2.75, 3.05) is 23.4 Å². The number of amides is 3. The van der Waals surface area contributed by atoms with E-state index >= 15 is 0 Å². The topological polar surface area (TPSA) is 87.7 Å². The molecule has 0 aromatic heterocycles. The second-order valence-corrected chi connectivity index (χ2v) is 7.81. The minimum atomic E-state index is -0.287. The maximum Gasteiger partial charge on any atom is 0.265 e. The Bertz CT molecular complexity index is 1170. The van der Waals surface area contributed by atoms with Crippen molar-refractivity contribution >= 4 is 29.1 Å². The molecule has 3 amide bonds. The minimum absolute atomic E-state index is 0.0530. The summed E-state index contributed by atoms with van der Waals surface area (Å²) in [5.74, 6) is -0.139. The third-order valence-electron chi connectivity index (χ3n) is 5.39. The van der Waals surface area contributed by atoms with Gasteiger partial charge in [-0.05, 0) is 36.8 Å². The van der Waals surface area contributed by atoms with Crippen LogP contribution >= 0.6 is 0 Å². The Balaban J connectivity index is 1.37. The van der Waals surface area contributed by atoms with E-state index in [0.29, 0.717) is 29.2 Å². The van der Waals surface area contributed by atoms with E-state index in [-0.39, 0.29) is 37.3 Å². The van der Waals surface area contributed by atoms with Gasteiger partial charge in [0.05, 0.1) is 16.9 Å². The Labute approximate surface area is 192 Å². The fourth-order valence-electron chi connectivity index (χ4n) is 3.60. The van der Waals surface area contributed by atoms with E-state index in [4.69, 9.17) is 4.74 Å². The summed E-state index contributed by atoms with van der Waals surface area (Å²) in [5.41, 5.74) is 3.60. The predicted octanol–water partition coefficient (Wildman–Crippen LogP) is 3.68. The Morgan fingerprint density at radius 1 is 0.970 bits per heavy atom. The highest BCUT2D eigenvalue weighted by atomic mass is 16.5. The monoisotopic (exact) mass is 443 g/mol. The normalized spacial score (nSPS) is 12.5. The van der Waals surface area contributed by atoms with Crippen LogP contribution in [0.1, 0.15) is 27.9 Å². The van der Waals surface area contributed by atoms with Gasteiger partial charge in [-0.1, -0.05) is 54.1 Å². The number of carbonyl (C=O) groups excluding carboxylic acids is 3. The van der Waals surface area contributed by atoms with Crippen LogP contribution in [-0.2, 0) is 16.1 Å². The van der Waals surface area contributed by atoms with Gasteiger partial charge in [-0.25, -0.2) is 0 Å². The van der Waals surface area contributed by atoms with Crippen LogP contribution in [-0.4, -0.2) is 30.9 Å². The van der Waals surface area contributed by atoms with Crippen LogP contribution in [0.4, 0.5) is 11.4 Å². The van der Waals surface area contributed by atoms with Crippen molar-refractivity contribution in [3.05, 3.63) is 89.5 Å². The Kier molecular flexibility index (Phi) is 6.69. The van der Waals surface area contributed by atoms with Crippen molar-refractivity contribution < 1.29 is 19.1 Å². The molecular formula is C26H25N3O4. The predicted molar refractivity (Wildman–Crippen MR) is 126 cm³/mol. The number of aryl methyl sites for hydroxylation is 1. The lowest BCUT2D eigenvalue weighted by atomic mass is 10.1. The van der Waals surface area contributed by atoms with Crippen LogP contribution < -0.4 is 20.3 Å². The minimum Gasteiger partial charge on any atom is -0.482 e. The van der Waals surface area contributed by atoms with Gasteiger partial charge < -0.3 is 20.3 Å². The van der Waals surface area contributed by atoms with Gasteiger partial charge in [-0.15, -0.1) is 0 Å². The summed E-state index contributed by atoms with van der Waals surface area (Å²) in [4.78, 5) is 39.2. The van der Waals surface area contributed by atoms with Gasteiger partial charge in [-0.2, -0.15) is 0 Å². The van der Waals surface area contributed by atoms with Gasteiger partial charge in [0.2, 0.25) is 5.91 Å². The molecule has 3 aromatic rings. The van der Waals surface area contributed by atoms with Crippen LogP contribution in [0, 0.1) is 6.92 Å². The molecule has 0 aliphatic carbocycles. The average Bonchev–Trinajstić information content (AvgIpc) is 2.83. The lowest BCUT2D eigenvalue weighted by Crippen LogP contribution is -2.40. The van der Waals surface area contributed by atoms with E-state index in [1.54, 1.807) is 41.3 Å². The van der Waals surface area contributed by atoms with Crippen LogP contribution in [0.15, 0.2) is 72.8 Å². The van der Waals surface area contributed by atoms with Crippen LogP contribution in [0.25, 0.3) is 0 Å². The van der Waals surface area contributed by atoms with Crippen molar-refractivity contribution in [3.63, 3.8) is 0 Å². The molecule has 1 aliphatic rings. The number of carbonyl (C=O) groups is 3. The molecule has 2 N–H and O–H groups in total. The number of benzene rings is 3. The van der Waals surface area contributed by atoms with E-state index in [2.05, 4.69) is 10.6 Å². The van der Waals surface area contributed by atoms with Crippen LogP contribution in [0.5, 0.6) is 5.75 Å². The van der Waals surface area contributed by atoms with E-state index in [9.17, 15) is 14.4 Å². The van der Waals surface area contributed by atoms with Crippen LogP contribution in [0.3, 0.4) is 0 Å². The molecule has 0 fully saturated rings. The fraction of sp³-hybridized carbons (Fsp3) is 0.192. The molecular weight excluding hydrogens is 418 g/mol. The van der Waals surface area contributed by atoms with Gasteiger partial charge in [0, 0.05) is 19.5 Å². The molecule has 0 saturated carbocycles. The van der Waals surface area contributed by atoms with Crippen molar-refractivity contribution in [1.29, 1.82) is 0 Å². The molecule has 0 atom stereocenters. The Morgan fingerprint density at radius 2 is 1.70 bits per heavy atom. The number of nitrogens with zero attached hydrogens (tertiary/aromatic N) is 1. The van der Waals surface area contributed by atoms with Gasteiger partial charge in [-0.3, -0.25) is 14.4 Å². The molecule has 1 aliphatic heterocycles. The largest absolute Gasteiger partial charge is 0.482 e. The SMILES string of the molecule is Cc1ccc(CNC(=O)c2ccccc2NC(=O)CCN2C(=O)COc3ccccc32)cc1. The number of anilines is 2. The fourth-order valence-corrected chi connectivity index (χ4v) is 3.60. The summed E-state index contributed by atoms with van der Waals surface area (Å²) in [6.07, 6.45) is 0.0827. The van der Waals surface area contributed by atoms with Crippen molar-refractivity contribution in [2.24, 2.45) is 0 Å². The molecule has 4 rings (SSSR count). The highest BCUT2D eigenvalue weighted by molar-refractivity contribution is 6.04. The van der Waals surface area contributed by atoms with E-state index in [0.717, 1.165) is 11.1 Å². The molecule has 7 nitrogen and oxygen atoms in total. The molecule has 7 heteroatoms. The zero-order valence-electron chi connectivity index (χ0n) is 18.3.